The first-order valence-electron chi connectivity index (χ1n) is 9.28. The number of anilines is 1. The normalized spacial score (nSPS) is 16.6. The third-order valence-electron chi connectivity index (χ3n) is 4.76. The van der Waals surface area contributed by atoms with E-state index in [1.807, 2.05) is 0 Å². The second-order valence-electron chi connectivity index (χ2n) is 6.76. The summed E-state index contributed by atoms with van der Waals surface area (Å²) in [7, 11) is 0. The van der Waals surface area contributed by atoms with Crippen LogP contribution in [0.3, 0.4) is 0 Å². The number of piperidine rings is 1. The van der Waals surface area contributed by atoms with Crippen molar-refractivity contribution in [2.24, 2.45) is 5.92 Å². The molecule has 1 atom stereocenters. The number of carbonyl (C=O) groups excluding carboxylic acids is 2. The zero-order chi connectivity index (χ0) is 19.1. The molecule has 1 heterocycles. The Hall–Kier alpha value is -2.37. The van der Waals surface area contributed by atoms with Gasteiger partial charge in [0.1, 0.15) is 0 Å². The lowest BCUT2D eigenvalue weighted by molar-refractivity contribution is 0.0951. The molecule has 0 aromatic heterocycles. The summed E-state index contributed by atoms with van der Waals surface area (Å²) in [5.41, 5.74) is 1.44. The van der Waals surface area contributed by atoms with Gasteiger partial charge < -0.3 is 16.0 Å². The van der Waals surface area contributed by atoms with Gasteiger partial charge in [-0.3, -0.25) is 9.59 Å². The fourth-order valence-corrected chi connectivity index (χ4v) is 3.37. The minimum atomic E-state index is -0.278. The fraction of sp³-hybridized carbons (Fsp3) is 0.333. The summed E-state index contributed by atoms with van der Waals surface area (Å²) in [5.74, 6) is 0.157. The molecule has 0 radical (unpaired) electrons. The van der Waals surface area contributed by atoms with Crippen LogP contribution in [0.5, 0.6) is 0 Å². The van der Waals surface area contributed by atoms with Crippen LogP contribution in [0.1, 0.15) is 40.0 Å². The molecule has 0 bridgehead atoms. The average molecular weight is 386 g/mol. The van der Waals surface area contributed by atoms with Gasteiger partial charge in [0.25, 0.3) is 11.8 Å². The number of hydrogen-bond acceptors (Lipinski definition) is 3. The molecule has 1 fully saturated rings. The monoisotopic (exact) mass is 385 g/mol. The van der Waals surface area contributed by atoms with Crippen LogP contribution >= 0.6 is 11.6 Å². The summed E-state index contributed by atoms with van der Waals surface area (Å²) in [6.07, 6.45) is 3.35. The minimum Gasteiger partial charge on any atom is -0.352 e. The van der Waals surface area contributed by atoms with Gasteiger partial charge in [0.2, 0.25) is 0 Å². The SMILES string of the molecule is O=C(Nc1ccccc1C(=O)NCCC1CCCNC1)c1ccc(Cl)cc1. The first-order chi connectivity index (χ1) is 13.1. The Balaban J connectivity index is 1.59. The number of carbonyl (C=O) groups is 2. The fourth-order valence-electron chi connectivity index (χ4n) is 3.24. The number of amides is 2. The molecular formula is C21H24ClN3O2. The highest BCUT2D eigenvalue weighted by molar-refractivity contribution is 6.30. The van der Waals surface area contributed by atoms with Gasteiger partial charge in [0.05, 0.1) is 11.3 Å². The van der Waals surface area contributed by atoms with Crippen molar-refractivity contribution in [3.8, 4) is 0 Å². The topological polar surface area (TPSA) is 70.2 Å². The van der Waals surface area contributed by atoms with E-state index in [-0.39, 0.29) is 11.8 Å². The Labute approximate surface area is 164 Å². The number of halogens is 1. The molecule has 0 aliphatic carbocycles. The van der Waals surface area contributed by atoms with Crippen LogP contribution in [0, 0.1) is 5.92 Å². The van der Waals surface area contributed by atoms with E-state index in [9.17, 15) is 9.59 Å². The van der Waals surface area contributed by atoms with Crippen LogP contribution < -0.4 is 16.0 Å². The Morgan fingerprint density at radius 3 is 2.59 bits per heavy atom. The number of rotatable bonds is 6. The highest BCUT2D eigenvalue weighted by Gasteiger charge is 2.16. The van der Waals surface area contributed by atoms with Crippen molar-refractivity contribution in [1.29, 1.82) is 0 Å². The van der Waals surface area contributed by atoms with Crippen LogP contribution in [-0.4, -0.2) is 31.4 Å². The van der Waals surface area contributed by atoms with Gasteiger partial charge in [-0.05, 0) is 74.7 Å². The quantitative estimate of drug-likeness (QED) is 0.709. The molecule has 2 aromatic carbocycles. The van der Waals surface area contributed by atoms with Gasteiger partial charge in [-0.15, -0.1) is 0 Å². The molecule has 6 heteroatoms. The molecule has 3 rings (SSSR count). The van der Waals surface area contributed by atoms with Crippen molar-refractivity contribution in [2.45, 2.75) is 19.3 Å². The van der Waals surface area contributed by atoms with Crippen LogP contribution in [0.4, 0.5) is 5.69 Å². The van der Waals surface area contributed by atoms with Crippen molar-refractivity contribution in [1.82, 2.24) is 10.6 Å². The van der Waals surface area contributed by atoms with Gasteiger partial charge in [-0.25, -0.2) is 0 Å². The molecule has 1 saturated heterocycles. The number of hydrogen-bond donors (Lipinski definition) is 3. The van der Waals surface area contributed by atoms with Gasteiger partial charge in [0, 0.05) is 17.1 Å². The first kappa shape index (κ1) is 19.4. The van der Waals surface area contributed by atoms with Crippen LogP contribution in [0.2, 0.25) is 5.02 Å². The highest BCUT2D eigenvalue weighted by atomic mass is 35.5. The predicted octanol–water partition coefficient (Wildman–Crippen LogP) is 3.71. The zero-order valence-corrected chi connectivity index (χ0v) is 15.9. The molecule has 2 amide bonds. The Kier molecular flexibility index (Phi) is 6.85. The predicted molar refractivity (Wildman–Crippen MR) is 108 cm³/mol. The molecular weight excluding hydrogens is 362 g/mol. The maximum atomic E-state index is 12.6. The Morgan fingerprint density at radius 2 is 1.85 bits per heavy atom. The molecule has 3 N–H and O–H groups in total. The molecule has 1 unspecified atom stereocenters. The van der Waals surface area contributed by atoms with Crippen molar-refractivity contribution < 1.29 is 9.59 Å². The summed E-state index contributed by atoms with van der Waals surface area (Å²) in [5, 5.41) is 9.74. The van der Waals surface area contributed by atoms with E-state index >= 15 is 0 Å². The Morgan fingerprint density at radius 1 is 1.07 bits per heavy atom. The lowest BCUT2D eigenvalue weighted by Gasteiger charge is -2.22. The van der Waals surface area contributed by atoms with Gasteiger partial charge in [-0.2, -0.15) is 0 Å². The first-order valence-corrected chi connectivity index (χ1v) is 9.66. The van der Waals surface area contributed by atoms with E-state index < -0.39 is 0 Å². The lowest BCUT2D eigenvalue weighted by atomic mass is 9.96. The van der Waals surface area contributed by atoms with Gasteiger partial charge in [-0.1, -0.05) is 23.7 Å². The van der Waals surface area contributed by atoms with E-state index in [4.69, 9.17) is 11.6 Å². The summed E-state index contributed by atoms with van der Waals surface area (Å²) in [6, 6.07) is 13.7. The molecule has 142 valence electrons. The second-order valence-corrected chi connectivity index (χ2v) is 7.20. The lowest BCUT2D eigenvalue weighted by Crippen LogP contribution is -2.33. The molecule has 2 aromatic rings. The molecule has 0 spiro atoms. The highest BCUT2D eigenvalue weighted by Crippen LogP contribution is 2.18. The van der Waals surface area contributed by atoms with Crippen molar-refractivity contribution in [2.75, 3.05) is 25.0 Å². The van der Waals surface area contributed by atoms with Crippen LogP contribution in [0.25, 0.3) is 0 Å². The smallest absolute Gasteiger partial charge is 0.255 e. The maximum absolute atomic E-state index is 12.6. The summed E-state index contributed by atoms with van der Waals surface area (Å²) in [6.45, 7) is 2.73. The molecule has 5 nitrogen and oxygen atoms in total. The average Bonchev–Trinajstić information content (AvgIpc) is 2.69. The molecule has 1 aliphatic heterocycles. The third kappa shape index (κ3) is 5.55. The van der Waals surface area contributed by atoms with E-state index in [0.717, 1.165) is 19.5 Å². The van der Waals surface area contributed by atoms with Gasteiger partial charge >= 0.3 is 0 Å². The largest absolute Gasteiger partial charge is 0.352 e. The van der Waals surface area contributed by atoms with E-state index in [0.29, 0.717) is 34.3 Å². The minimum absolute atomic E-state index is 0.175. The van der Waals surface area contributed by atoms with E-state index in [2.05, 4.69) is 16.0 Å². The van der Waals surface area contributed by atoms with E-state index in [1.54, 1.807) is 48.5 Å². The molecule has 27 heavy (non-hydrogen) atoms. The summed E-state index contributed by atoms with van der Waals surface area (Å²) < 4.78 is 0. The molecule has 0 saturated carbocycles. The van der Waals surface area contributed by atoms with Crippen LogP contribution in [0.15, 0.2) is 48.5 Å². The summed E-state index contributed by atoms with van der Waals surface area (Å²) >= 11 is 5.86. The number of benzene rings is 2. The van der Waals surface area contributed by atoms with Crippen molar-refractivity contribution in [3.05, 3.63) is 64.7 Å². The van der Waals surface area contributed by atoms with E-state index in [1.165, 1.54) is 12.8 Å². The second kappa shape index (κ2) is 9.53. The van der Waals surface area contributed by atoms with Crippen molar-refractivity contribution >= 4 is 29.1 Å². The Bertz CT molecular complexity index is 786. The van der Waals surface area contributed by atoms with Gasteiger partial charge in [0.15, 0.2) is 0 Å². The summed E-state index contributed by atoms with van der Waals surface area (Å²) in [4.78, 5) is 25.0. The van der Waals surface area contributed by atoms with Crippen molar-refractivity contribution in [3.63, 3.8) is 0 Å². The standard InChI is InChI=1S/C21H24ClN3O2/c22-17-9-7-16(8-10-17)20(26)25-19-6-2-1-5-18(19)21(27)24-13-11-15-4-3-12-23-14-15/h1-2,5-10,15,23H,3-4,11-14H2,(H,24,27)(H,25,26). The molecule has 1 aliphatic rings. The number of para-hydroxylation sites is 1. The van der Waals surface area contributed by atoms with Crippen LogP contribution in [-0.2, 0) is 0 Å². The number of nitrogens with one attached hydrogen (secondary N) is 3. The zero-order valence-electron chi connectivity index (χ0n) is 15.1. The third-order valence-corrected chi connectivity index (χ3v) is 5.02. The maximum Gasteiger partial charge on any atom is 0.255 e.